The highest BCUT2D eigenvalue weighted by Gasteiger charge is 2.14. The highest BCUT2D eigenvalue weighted by atomic mass is 16.5. The largest absolute Gasteiger partial charge is 0.492 e. The Balaban J connectivity index is 2.26. The lowest BCUT2D eigenvalue weighted by Gasteiger charge is -2.10. The minimum Gasteiger partial charge on any atom is -0.492 e. The van der Waals surface area contributed by atoms with Crippen LogP contribution in [0, 0.1) is 5.92 Å². The maximum Gasteiger partial charge on any atom is 0.240 e. The summed E-state index contributed by atoms with van der Waals surface area (Å²) < 4.78 is 7.24. The second-order valence-corrected chi connectivity index (χ2v) is 5.31. The van der Waals surface area contributed by atoms with Crippen LogP contribution in [0.4, 0.5) is 5.95 Å². The van der Waals surface area contributed by atoms with Crippen molar-refractivity contribution in [3.05, 3.63) is 18.2 Å². The average Bonchev–Trinajstić information content (AvgIpc) is 2.75. The molecule has 1 heterocycles. The van der Waals surface area contributed by atoms with Gasteiger partial charge in [0.2, 0.25) is 11.9 Å². The second-order valence-electron chi connectivity index (χ2n) is 5.31. The number of carbonyl (C=O) groups excluding carboxylic acids is 1. The molecule has 0 aliphatic heterocycles. The molecule has 0 unspecified atom stereocenters. The third kappa shape index (κ3) is 3.45. The fraction of sp³-hybridized carbons (Fsp3) is 0.467. The zero-order chi connectivity index (χ0) is 15.4. The average molecular weight is 290 g/mol. The van der Waals surface area contributed by atoms with Crippen molar-refractivity contribution >= 4 is 22.9 Å². The van der Waals surface area contributed by atoms with Crippen LogP contribution >= 0.6 is 0 Å². The first kappa shape index (κ1) is 15.2. The molecule has 0 saturated heterocycles. The number of imidazole rings is 1. The molecule has 1 amide bonds. The summed E-state index contributed by atoms with van der Waals surface area (Å²) in [6, 6.07) is 5.61. The molecule has 0 fully saturated rings. The summed E-state index contributed by atoms with van der Waals surface area (Å²) in [5.41, 5.74) is 7.43. The van der Waals surface area contributed by atoms with Gasteiger partial charge in [-0.2, -0.15) is 0 Å². The van der Waals surface area contributed by atoms with Gasteiger partial charge in [-0.15, -0.1) is 0 Å². The summed E-state index contributed by atoms with van der Waals surface area (Å²) in [7, 11) is 0. The van der Waals surface area contributed by atoms with Gasteiger partial charge in [-0.3, -0.25) is 4.79 Å². The van der Waals surface area contributed by atoms with Crippen molar-refractivity contribution in [2.45, 2.75) is 27.3 Å². The van der Waals surface area contributed by atoms with E-state index in [9.17, 15) is 4.79 Å². The summed E-state index contributed by atoms with van der Waals surface area (Å²) in [6.45, 7) is 7.38. The molecule has 0 saturated carbocycles. The van der Waals surface area contributed by atoms with E-state index >= 15 is 0 Å². The summed E-state index contributed by atoms with van der Waals surface area (Å²) in [5, 5.41) is 2.88. The molecule has 0 radical (unpaired) electrons. The molecule has 0 aliphatic rings. The molecule has 0 bridgehead atoms. The van der Waals surface area contributed by atoms with Gasteiger partial charge >= 0.3 is 0 Å². The molecule has 21 heavy (non-hydrogen) atoms. The van der Waals surface area contributed by atoms with E-state index in [0.29, 0.717) is 36.3 Å². The lowest BCUT2D eigenvalue weighted by molar-refractivity contribution is -0.121. The highest BCUT2D eigenvalue weighted by Crippen LogP contribution is 2.26. The molecule has 2 rings (SSSR count). The Morgan fingerprint density at radius 1 is 1.48 bits per heavy atom. The van der Waals surface area contributed by atoms with Crippen molar-refractivity contribution in [1.82, 2.24) is 14.9 Å². The smallest absolute Gasteiger partial charge is 0.240 e. The van der Waals surface area contributed by atoms with Crippen molar-refractivity contribution in [1.29, 1.82) is 0 Å². The fourth-order valence-corrected chi connectivity index (χ4v) is 2.09. The van der Waals surface area contributed by atoms with E-state index in [1.165, 1.54) is 0 Å². The number of hydrogen-bond acceptors (Lipinski definition) is 4. The number of anilines is 1. The molecule has 0 aliphatic carbocycles. The first-order chi connectivity index (χ1) is 10.0. The number of rotatable bonds is 6. The molecule has 1 aromatic carbocycles. The zero-order valence-corrected chi connectivity index (χ0v) is 12.7. The summed E-state index contributed by atoms with van der Waals surface area (Å²) in [4.78, 5) is 16.3. The lowest BCUT2D eigenvalue weighted by atomic mass is 10.2. The number of carbonyl (C=O) groups is 1. The van der Waals surface area contributed by atoms with Gasteiger partial charge in [0.05, 0.1) is 12.1 Å². The molecule has 114 valence electrons. The van der Waals surface area contributed by atoms with Crippen molar-refractivity contribution < 1.29 is 9.53 Å². The van der Waals surface area contributed by atoms with E-state index in [0.717, 1.165) is 5.52 Å². The minimum atomic E-state index is -0.0727. The number of ether oxygens (including phenoxy) is 1. The summed E-state index contributed by atoms with van der Waals surface area (Å²) in [6.07, 6.45) is 0. The van der Waals surface area contributed by atoms with Crippen LogP contribution in [-0.2, 0) is 11.3 Å². The third-order valence-electron chi connectivity index (χ3n) is 3.08. The van der Waals surface area contributed by atoms with E-state index in [-0.39, 0.29) is 12.5 Å². The van der Waals surface area contributed by atoms with Gasteiger partial charge in [-0.25, -0.2) is 4.98 Å². The first-order valence-corrected chi connectivity index (χ1v) is 7.17. The van der Waals surface area contributed by atoms with Gasteiger partial charge in [-0.05, 0) is 25.0 Å². The van der Waals surface area contributed by atoms with Gasteiger partial charge in [-0.1, -0.05) is 19.9 Å². The predicted octanol–water partition coefficient (Wildman–Crippen LogP) is 1.79. The standard InChI is InChI=1S/C15H22N4O2/c1-4-21-12-7-5-6-11-14(12)18-15(16)19(11)9-13(20)17-8-10(2)3/h5-7,10H,4,8-9H2,1-3H3,(H2,16,18)(H,17,20). The van der Waals surface area contributed by atoms with E-state index in [2.05, 4.69) is 24.1 Å². The second kappa shape index (κ2) is 6.47. The van der Waals surface area contributed by atoms with Crippen molar-refractivity contribution in [2.75, 3.05) is 18.9 Å². The lowest BCUT2D eigenvalue weighted by Crippen LogP contribution is -2.30. The SMILES string of the molecule is CCOc1cccc2c1nc(N)n2CC(=O)NCC(C)C. The zero-order valence-electron chi connectivity index (χ0n) is 12.7. The summed E-state index contributed by atoms with van der Waals surface area (Å²) in [5.74, 6) is 1.34. The van der Waals surface area contributed by atoms with Crippen LogP contribution in [0.3, 0.4) is 0 Å². The highest BCUT2D eigenvalue weighted by molar-refractivity contribution is 5.86. The van der Waals surface area contributed by atoms with Crippen LogP contribution in [0.15, 0.2) is 18.2 Å². The number of nitrogen functional groups attached to an aromatic ring is 1. The Morgan fingerprint density at radius 3 is 2.90 bits per heavy atom. The number of amides is 1. The topological polar surface area (TPSA) is 82.2 Å². The molecule has 2 aromatic rings. The van der Waals surface area contributed by atoms with Crippen molar-refractivity contribution in [3.63, 3.8) is 0 Å². The van der Waals surface area contributed by atoms with Gasteiger partial charge in [0.15, 0.2) is 0 Å². The van der Waals surface area contributed by atoms with Gasteiger partial charge < -0.3 is 20.4 Å². The normalized spacial score (nSPS) is 11.0. The van der Waals surface area contributed by atoms with Gasteiger partial charge in [0, 0.05) is 6.54 Å². The van der Waals surface area contributed by atoms with E-state index in [1.54, 1.807) is 4.57 Å². The van der Waals surface area contributed by atoms with Gasteiger partial charge in [0.25, 0.3) is 0 Å². The Hall–Kier alpha value is -2.24. The maximum atomic E-state index is 12.0. The van der Waals surface area contributed by atoms with Crippen molar-refractivity contribution in [2.24, 2.45) is 5.92 Å². The number of nitrogens with two attached hydrogens (primary N) is 1. The minimum absolute atomic E-state index is 0.0727. The number of nitrogens with one attached hydrogen (secondary N) is 1. The molecule has 0 spiro atoms. The Kier molecular flexibility index (Phi) is 4.67. The van der Waals surface area contributed by atoms with E-state index in [1.807, 2.05) is 25.1 Å². The number of benzene rings is 1. The number of fused-ring (bicyclic) bond motifs is 1. The van der Waals surface area contributed by atoms with Crippen molar-refractivity contribution in [3.8, 4) is 5.75 Å². The van der Waals surface area contributed by atoms with Crippen LogP contribution < -0.4 is 15.8 Å². The van der Waals surface area contributed by atoms with Gasteiger partial charge in [0.1, 0.15) is 17.8 Å². The maximum absolute atomic E-state index is 12.0. The third-order valence-corrected chi connectivity index (χ3v) is 3.08. The molecule has 6 nitrogen and oxygen atoms in total. The predicted molar refractivity (Wildman–Crippen MR) is 83.2 cm³/mol. The fourth-order valence-electron chi connectivity index (χ4n) is 2.09. The molecule has 6 heteroatoms. The number of nitrogens with zero attached hydrogens (tertiary/aromatic N) is 2. The molecule has 3 N–H and O–H groups in total. The van der Waals surface area contributed by atoms with Crippen LogP contribution in [0.2, 0.25) is 0 Å². The first-order valence-electron chi connectivity index (χ1n) is 7.17. The van der Waals surface area contributed by atoms with E-state index in [4.69, 9.17) is 10.5 Å². The Morgan fingerprint density at radius 2 is 2.24 bits per heavy atom. The monoisotopic (exact) mass is 290 g/mol. The van der Waals surface area contributed by atoms with Crippen LogP contribution in [0.1, 0.15) is 20.8 Å². The quantitative estimate of drug-likeness (QED) is 0.849. The van der Waals surface area contributed by atoms with Crippen LogP contribution in [0.25, 0.3) is 11.0 Å². The van der Waals surface area contributed by atoms with E-state index < -0.39 is 0 Å². The van der Waals surface area contributed by atoms with Crippen LogP contribution in [0.5, 0.6) is 5.75 Å². The number of hydrogen-bond donors (Lipinski definition) is 2. The van der Waals surface area contributed by atoms with Crippen LogP contribution in [-0.4, -0.2) is 28.6 Å². The molecule has 1 aromatic heterocycles. The Bertz CT molecular complexity index is 634. The number of aromatic nitrogens is 2. The summed E-state index contributed by atoms with van der Waals surface area (Å²) >= 11 is 0. The Labute approximate surface area is 124 Å². The molecule has 0 atom stereocenters. The molecular formula is C15H22N4O2. The molecular weight excluding hydrogens is 268 g/mol. The number of para-hydroxylation sites is 1.